The summed E-state index contributed by atoms with van der Waals surface area (Å²) in [7, 11) is 0. The fraction of sp³-hybridized carbons (Fsp3) is 0.381. The summed E-state index contributed by atoms with van der Waals surface area (Å²) in [5.41, 5.74) is 10.6. The van der Waals surface area contributed by atoms with Gasteiger partial charge in [-0.3, -0.25) is 14.4 Å². The van der Waals surface area contributed by atoms with E-state index in [0.717, 1.165) is 60.1 Å². The molecule has 2 unspecified atom stereocenters. The van der Waals surface area contributed by atoms with E-state index in [4.69, 9.17) is 19.5 Å². The number of ether oxygens (including phenoxy) is 2. The number of halogens is 5. The van der Waals surface area contributed by atoms with Crippen LogP contribution in [0.25, 0.3) is 0 Å². The summed E-state index contributed by atoms with van der Waals surface area (Å²) in [6, 6.07) is 32.8. The third-order valence-electron chi connectivity index (χ3n) is 14.7. The van der Waals surface area contributed by atoms with Crippen molar-refractivity contribution in [3.63, 3.8) is 0 Å². The molecule has 6 aromatic rings. The number of hydrogen-bond acceptors (Lipinski definition) is 8. The minimum absolute atomic E-state index is 0. The third-order valence-corrected chi connectivity index (χ3v) is 15.4. The molecular formula is C63H71BrCs2F4O9. The van der Waals surface area contributed by atoms with Gasteiger partial charge < -0.3 is 31.3 Å². The first-order valence-corrected chi connectivity index (χ1v) is 26.7. The minimum Gasteiger partial charge on any atom is -1.00 e. The zero-order valence-corrected chi connectivity index (χ0v) is 61.4. The largest absolute Gasteiger partial charge is 1.00 e. The summed E-state index contributed by atoms with van der Waals surface area (Å²) in [4.78, 5) is 34.5. The van der Waals surface area contributed by atoms with E-state index < -0.39 is 47.0 Å². The van der Waals surface area contributed by atoms with E-state index in [0.29, 0.717) is 34.3 Å². The molecule has 0 bridgehead atoms. The molecule has 6 aromatic carbocycles. The minimum atomic E-state index is -1.09. The molecule has 8 rings (SSSR count). The van der Waals surface area contributed by atoms with Crippen LogP contribution in [0.15, 0.2) is 121 Å². The van der Waals surface area contributed by atoms with Gasteiger partial charge in [-0.2, -0.15) is 0 Å². The number of esters is 1. The molecule has 0 radical (unpaired) electrons. The summed E-state index contributed by atoms with van der Waals surface area (Å²) in [6.07, 6.45) is 4.43. The number of alkyl halides is 1. The molecule has 2 aliphatic rings. The summed E-state index contributed by atoms with van der Waals surface area (Å²) >= 11 is 3.55. The topological polar surface area (TPSA) is 142 Å². The van der Waals surface area contributed by atoms with Crippen molar-refractivity contribution in [3.05, 3.63) is 200 Å². The van der Waals surface area contributed by atoms with Gasteiger partial charge in [-0.25, -0.2) is 17.6 Å². The maximum absolute atomic E-state index is 14.4. The van der Waals surface area contributed by atoms with Crippen LogP contribution >= 0.6 is 15.9 Å². The van der Waals surface area contributed by atoms with Crippen molar-refractivity contribution in [1.29, 1.82) is 0 Å². The van der Waals surface area contributed by atoms with Gasteiger partial charge in [0, 0.05) is 17.2 Å². The molecule has 79 heavy (non-hydrogen) atoms. The average Bonchev–Trinajstić information content (AvgIpc) is 3.44. The molecular weight excluding hydrogens is 1320 g/mol. The van der Waals surface area contributed by atoms with Gasteiger partial charge in [-0.15, -0.1) is 0 Å². The van der Waals surface area contributed by atoms with Crippen LogP contribution in [0, 0.1) is 23.3 Å². The van der Waals surface area contributed by atoms with Crippen molar-refractivity contribution in [2.24, 2.45) is 0 Å². The zero-order valence-electron chi connectivity index (χ0n) is 48.3. The van der Waals surface area contributed by atoms with Crippen molar-refractivity contribution in [2.75, 3.05) is 6.61 Å². The van der Waals surface area contributed by atoms with E-state index >= 15 is 0 Å². The number of hydrogen-bond donors (Lipinski definition) is 2. The second-order valence-electron chi connectivity index (χ2n) is 22.1. The molecule has 2 aliphatic carbocycles. The molecule has 16 heteroatoms. The fourth-order valence-corrected chi connectivity index (χ4v) is 10.4. The van der Waals surface area contributed by atoms with Crippen LogP contribution in [0.1, 0.15) is 170 Å². The van der Waals surface area contributed by atoms with Crippen molar-refractivity contribution >= 4 is 34.3 Å². The first kappa shape index (κ1) is 70.9. The number of phenolic OH excluding ortho intramolecular Hbond substituents is 1. The van der Waals surface area contributed by atoms with Gasteiger partial charge in [0.1, 0.15) is 41.4 Å². The number of rotatable bonds is 14. The van der Waals surface area contributed by atoms with Crippen LogP contribution in [0.5, 0.6) is 11.5 Å². The first-order valence-electron chi connectivity index (χ1n) is 25.6. The van der Waals surface area contributed by atoms with E-state index in [2.05, 4.69) is 113 Å². The van der Waals surface area contributed by atoms with Crippen molar-refractivity contribution in [2.45, 2.75) is 146 Å². The van der Waals surface area contributed by atoms with Crippen molar-refractivity contribution < 1.29 is 201 Å². The Balaban J connectivity index is 0.000000417. The maximum atomic E-state index is 14.4. The third kappa shape index (κ3) is 20.1. The predicted molar refractivity (Wildman–Crippen MR) is 293 cm³/mol. The molecule has 2 atom stereocenters. The van der Waals surface area contributed by atoms with Gasteiger partial charge >= 0.3 is 150 Å². The van der Waals surface area contributed by atoms with Gasteiger partial charge in [0.15, 0.2) is 0 Å². The van der Waals surface area contributed by atoms with Gasteiger partial charge in [-0.05, 0) is 171 Å². The van der Waals surface area contributed by atoms with Crippen LogP contribution in [0.2, 0.25) is 0 Å². The summed E-state index contributed by atoms with van der Waals surface area (Å²) in [5, 5.41) is 28.1. The Labute approximate surface area is 590 Å². The number of carboxylic acids is 1. The number of carbonyl (C=O) groups is 3. The van der Waals surface area contributed by atoms with Crippen LogP contribution in [0.4, 0.5) is 17.6 Å². The number of carbonyl (C=O) groups excluding carboxylic acids is 2. The van der Waals surface area contributed by atoms with Crippen molar-refractivity contribution in [1.82, 2.24) is 0 Å². The van der Waals surface area contributed by atoms with Gasteiger partial charge in [0.2, 0.25) is 0 Å². The number of fused-ring (bicyclic) bond motifs is 2. The van der Waals surface area contributed by atoms with E-state index in [1.807, 2.05) is 0 Å². The Morgan fingerprint density at radius 3 is 1.44 bits per heavy atom. The molecule has 0 saturated heterocycles. The SMILES string of the molecule is CC1(C)CCC(C)(C)c2cc(CBr)ccc21.CC1(C)CCC(C)(C)c2cc(COc3ccc(C(CC(=O)O)c4cc(F)ccc4F)cc3)ccc21.CCOC(=O)CC(c1ccc(O)cc1)c1cc(F)ccc1F.O=CO[O-].[Cs+].[Cs+].[H-]. The Kier molecular flexibility index (Phi) is 28.7. The van der Waals surface area contributed by atoms with Gasteiger partial charge in [0.25, 0.3) is 6.47 Å². The number of phenols is 1. The number of benzene rings is 6. The Morgan fingerprint density at radius 2 is 1.03 bits per heavy atom. The number of aliphatic carboxylic acids is 1. The second kappa shape index (κ2) is 32.0. The summed E-state index contributed by atoms with van der Waals surface area (Å²) in [6.45, 7) is 20.8. The van der Waals surface area contributed by atoms with E-state index in [1.165, 1.54) is 41.7 Å². The molecule has 2 N–H and O–H groups in total. The summed E-state index contributed by atoms with van der Waals surface area (Å²) in [5.74, 6) is -4.79. The zero-order chi connectivity index (χ0) is 56.9. The molecule has 0 saturated carbocycles. The molecule has 0 fully saturated rings. The van der Waals surface area contributed by atoms with E-state index in [9.17, 15) is 37.4 Å². The number of carboxylic acid groups (broad SMARTS) is 1. The maximum Gasteiger partial charge on any atom is 1.00 e. The van der Waals surface area contributed by atoms with Gasteiger partial charge in [-0.1, -0.05) is 132 Å². The molecule has 0 spiro atoms. The molecule has 9 nitrogen and oxygen atoms in total. The second-order valence-corrected chi connectivity index (χ2v) is 22.7. The number of aromatic hydroxyl groups is 1. The first-order chi connectivity index (χ1) is 36.2. The van der Waals surface area contributed by atoms with Gasteiger partial charge in [0.05, 0.1) is 19.4 Å². The Morgan fingerprint density at radius 1 is 0.620 bits per heavy atom. The van der Waals surface area contributed by atoms with Crippen molar-refractivity contribution in [3.8, 4) is 11.5 Å². The Hall–Kier alpha value is -2.41. The molecule has 414 valence electrons. The Bertz CT molecular complexity index is 2970. The molecule has 0 amide bonds. The molecule has 0 aliphatic heterocycles. The van der Waals surface area contributed by atoms with Crippen LogP contribution in [-0.2, 0) is 57.6 Å². The van der Waals surface area contributed by atoms with Crippen LogP contribution in [-0.4, -0.2) is 35.2 Å². The average molecular weight is 1390 g/mol. The van der Waals surface area contributed by atoms with E-state index in [-0.39, 0.29) is 193 Å². The predicted octanol–water partition coefficient (Wildman–Crippen LogP) is 8.74. The quantitative estimate of drug-likeness (QED) is 0.0274. The normalized spacial score (nSPS) is 15.4. The summed E-state index contributed by atoms with van der Waals surface area (Å²) < 4.78 is 66.6. The van der Waals surface area contributed by atoms with E-state index in [1.54, 1.807) is 54.4 Å². The fourth-order valence-electron chi connectivity index (χ4n) is 10.1. The standard InChI is InChI=1S/C30H32F2O3.C17H16F2O3.C15H21Br.CH2O3.2Cs.H/c1-29(2)13-14-30(3,4)26-15-19(5-11-25(26)29)18-35-22-9-6-20(7-10-22)23(17-28(33)34)24-16-21(31)8-12-27(24)32;1-2-22-17(21)10-14(11-3-6-13(20)7-4-11)15-9-12(18)5-8-16(15)19;1-14(2)7-8-15(3,4)13-9-11(10-16)5-6-12(13)14;2-1-4-3;;;/h5-12,15-16,23H,13-14,17-18H2,1-4H3,(H,33,34);3-9,14,20H,2,10H2,1H3;5-6,9H,7-8,10H2,1-4H3;1,3H;;;/q;;;;2*+1;-1/p-1. The molecule has 0 heterocycles. The van der Waals surface area contributed by atoms with Crippen LogP contribution < -0.4 is 148 Å². The van der Waals surface area contributed by atoms with Crippen LogP contribution in [0.3, 0.4) is 0 Å². The monoisotopic (exact) mass is 1390 g/mol. The smallest absolute Gasteiger partial charge is 1.00 e. The molecule has 0 aromatic heterocycles.